The fraction of sp³-hybridized carbons (Fsp3) is 0.632. The molecule has 1 aromatic rings. The molecule has 3 atom stereocenters. The van der Waals surface area contributed by atoms with Crippen LogP contribution in [0.2, 0.25) is 0 Å². The maximum Gasteiger partial charge on any atom is 0.191 e. The summed E-state index contributed by atoms with van der Waals surface area (Å²) in [7, 11) is 0. The Balaban J connectivity index is 1.94. The van der Waals surface area contributed by atoms with E-state index in [0.717, 1.165) is 38.8 Å². The van der Waals surface area contributed by atoms with Gasteiger partial charge in [-0.15, -0.1) is 0 Å². The van der Waals surface area contributed by atoms with Crippen molar-refractivity contribution in [2.45, 2.75) is 45.8 Å². The van der Waals surface area contributed by atoms with Gasteiger partial charge < -0.3 is 15.4 Å². The van der Waals surface area contributed by atoms with Crippen molar-refractivity contribution in [1.82, 2.24) is 15.5 Å². The number of morpholine rings is 1. The summed E-state index contributed by atoms with van der Waals surface area (Å²) in [5.74, 6) is 0.876. The number of aliphatic imine (C=N–C) groups is 1. The predicted molar refractivity (Wildman–Crippen MR) is 100 cm³/mol. The molecule has 0 saturated carbocycles. The average Bonchev–Trinajstić information content (AvgIpc) is 2.60. The fourth-order valence-corrected chi connectivity index (χ4v) is 3.07. The van der Waals surface area contributed by atoms with E-state index in [1.54, 1.807) is 0 Å². The Morgan fingerprint density at radius 1 is 1.33 bits per heavy atom. The van der Waals surface area contributed by atoms with Crippen molar-refractivity contribution in [3.63, 3.8) is 0 Å². The first-order chi connectivity index (χ1) is 11.6. The number of guanidine groups is 1. The van der Waals surface area contributed by atoms with Gasteiger partial charge in [-0.2, -0.15) is 0 Å². The summed E-state index contributed by atoms with van der Waals surface area (Å²) >= 11 is 0. The smallest absolute Gasteiger partial charge is 0.191 e. The number of rotatable bonds is 6. The topological polar surface area (TPSA) is 48.9 Å². The molecule has 2 rings (SSSR count). The van der Waals surface area contributed by atoms with Gasteiger partial charge in [-0.05, 0) is 33.3 Å². The monoisotopic (exact) mass is 332 g/mol. The second kappa shape index (κ2) is 9.64. The quantitative estimate of drug-likeness (QED) is 0.620. The van der Waals surface area contributed by atoms with Crippen LogP contribution in [-0.4, -0.2) is 55.8 Å². The Labute approximate surface area is 146 Å². The van der Waals surface area contributed by atoms with E-state index in [-0.39, 0.29) is 6.04 Å². The number of benzene rings is 1. The van der Waals surface area contributed by atoms with Gasteiger partial charge in [0, 0.05) is 25.2 Å². The summed E-state index contributed by atoms with van der Waals surface area (Å²) in [5, 5.41) is 6.85. The Hall–Kier alpha value is -1.59. The summed E-state index contributed by atoms with van der Waals surface area (Å²) in [5.41, 5.74) is 1.26. The first kappa shape index (κ1) is 18.7. The predicted octanol–water partition coefficient (Wildman–Crippen LogP) is 2.41. The van der Waals surface area contributed by atoms with Gasteiger partial charge in [-0.1, -0.05) is 30.3 Å². The molecular formula is C19H32N4O. The average molecular weight is 332 g/mol. The third kappa shape index (κ3) is 5.49. The third-order valence-corrected chi connectivity index (χ3v) is 4.50. The minimum Gasteiger partial charge on any atom is -0.379 e. The van der Waals surface area contributed by atoms with Crippen LogP contribution in [0.4, 0.5) is 0 Å². The molecule has 1 fully saturated rings. The Kier molecular flexibility index (Phi) is 7.53. The van der Waals surface area contributed by atoms with Gasteiger partial charge in [-0.3, -0.25) is 9.89 Å². The molecular weight excluding hydrogens is 300 g/mol. The number of nitrogens with zero attached hydrogens (tertiary/aromatic N) is 2. The zero-order valence-corrected chi connectivity index (χ0v) is 15.5. The van der Waals surface area contributed by atoms with Gasteiger partial charge in [0.05, 0.1) is 25.8 Å². The van der Waals surface area contributed by atoms with Crippen molar-refractivity contribution in [2.24, 2.45) is 4.99 Å². The van der Waals surface area contributed by atoms with E-state index in [1.165, 1.54) is 5.56 Å². The largest absolute Gasteiger partial charge is 0.379 e. The molecule has 3 unspecified atom stereocenters. The van der Waals surface area contributed by atoms with E-state index in [4.69, 9.17) is 9.73 Å². The second-order valence-corrected chi connectivity index (χ2v) is 6.51. The molecule has 1 heterocycles. The number of hydrogen-bond acceptors (Lipinski definition) is 3. The first-order valence-electron chi connectivity index (χ1n) is 9.05. The summed E-state index contributed by atoms with van der Waals surface area (Å²) in [6.07, 6.45) is 0. The van der Waals surface area contributed by atoms with Gasteiger partial charge in [0.1, 0.15) is 0 Å². The summed E-state index contributed by atoms with van der Waals surface area (Å²) in [4.78, 5) is 7.28. The van der Waals surface area contributed by atoms with Crippen LogP contribution >= 0.6 is 0 Å². The van der Waals surface area contributed by atoms with E-state index in [9.17, 15) is 0 Å². The summed E-state index contributed by atoms with van der Waals surface area (Å²) in [6, 6.07) is 11.5. The van der Waals surface area contributed by atoms with E-state index in [0.29, 0.717) is 12.1 Å². The molecule has 1 saturated heterocycles. The minimum absolute atomic E-state index is 0.224. The molecule has 24 heavy (non-hydrogen) atoms. The summed E-state index contributed by atoms with van der Waals surface area (Å²) in [6.45, 7) is 13.0. The number of nitrogens with one attached hydrogen (secondary N) is 2. The highest BCUT2D eigenvalue weighted by atomic mass is 16.5. The molecule has 0 bridgehead atoms. The van der Waals surface area contributed by atoms with E-state index in [2.05, 4.69) is 67.5 Å². The zero-order chi connectivity index (χ0) is 17.4. The van der Waals surface area contributed by atoms with Crippen LogP contribution in [0.5, 0.6) is 0 Å². The first-order valence-corrected chi connectivity index (χ1v) is 9.05. The molecule has 0 spiro atoms. The molecule has 5 heteroatoms. The van der Waals surface area contributed by atoms with Crippen molar-refractivity contribution in [1.29, 1.82) is 0 Å². The van der Waals surface area contributed by atoms with Crippen molar-refractivity contribution in [2.75, 3.05) is 32.8 Å². The van der Waals surface area contributed by atoms with Crippen molar-refractivity contribution < 1.29 is 4.74 Å². The minimum atomic E-state index is 0.224. The van der Waals surface area contributed by atoms with Crippen LogP contribution in [0, 0.1) is 0 Å². The number of hydrogen-bond donors (Lipinski definition) is 2. The molecule has 0 radical (unpaired) electrons. The van der Waals surface area contributed by atoms with Crippen LogP contribution in [-0.2, 0) is 4.74 Å². The molecule has 0 aliphatic carbocycles. The third-order valence-electron chi connectivity index (χ3n) is 4.50. The molecule has 1 aromatic carbocycles. The SMILES string of the molecule is CCNC(=NCC(C)N1CCOCC1C)NC(C)c1ccccc1. The lowest BCUT2D eigenvalue weighted by Gasteiger charge is -2.37. The normalized spacial score (nSPS) is 22.0. The van der Waals surface area contributed by atoms with Crippen LogP contribution < -0.4 is 10.6 Å². The maximum absolute atomic E-state index is 5.53. The molecule has 0 aromatic heterocycles. The Bertz CT molecular complexity index is 505. The van der Waals surface area contributed by atoms with Crippen molar-refractivity contribution >= 4 is 5.96 Å². The van der Waals surface area contributed by atoms with E-state index in [1.807, 2.05) is 6.07 Å². The van der Waals surface area contributed by atoms with Gasteiger partial charge in [-0.25, -0.2) is 0 Å². The molecule has 1 aliphatic rings. The van der Waals surface area contributed by atoms with Gasteiger partial charge in [0.25, 0.3) is 0 Å². The maximum atomic E-state index is 5.53. The van der Waals surface area contributed by atoms with Gasteiger partial charge in [0.15, 0.2) is 5.96 Å². The highest BCUT2D eigenvalue weighted by Gasteiger charge is 2.23. The van der Waals surface area contributed by atoms with E-state index >= 15 is 0 Å². The zero-order valence-electron chi connectivity index (χ0n) is 15.5. The Morgan fingerprint density at radius 3 is 2.75 bits per heavy atom. The van der Waals surface area contributed by atoms with Gasteiger partial charge in [0.2, 0.25) is 0 Å². The molecule has 134 valence electrons. The molecule has 1 aliphatic heterocycles. The summed E-state index contributed by atoms with van der Waals surface area (Å²) < 4.78 is 5.53. The highest BCUT2D eigenvalue weighted by molar-refractivity contribution is 5.80. The molecule has 0 amide bonds. The van der Waals surface area contributed by atoms with Crippen LogP contribution in [0.25, 0.3) is 0 Å². The lowest BCUT2D eigenvalue weighted by Crippen LogP contribution is -2.49. The van der Waals surface area contributed by atoms with Crippen LogP contribution in [0.15, 0.2) is 35.3 Å². The second-order valence-electron chi connectivity index (χ2n) is 6.51. The van der Waals surface area contributed by atoms with Gasteiger partial charge >= 0.3 is 0 Å². The number of ether oxygens (including phenoxy) is 1. The van der Waals surface area contributed by atoms with Crippen LogP contribution in [0.1, 0.15) is 39.3 Å². The lowest BCUT2D eigenvalue weighted by atomic mass is 10.1. The fourth-order valence-electron chi connectivity index (χ4n) is 3.07. The van der Waals surface area contributed by atoms with E-state index < -0.39 is 0 Å². The lowest BCUT2D eigenvalue weighted by molar-refractivity contribution is -0.0165. The molecule has 5 nitrogen and oxygen atoms in total. The Morgan fingerprint density at radius 2 is 2.08 bits per heavy atom. The highest BCUT2D eigenvalue weighted by Crippen LogP contribution is 2.12. The molecule has 2 N–H and O–H groups in total. The van der Waals surface area contributed by atoms with Crippen molar-refractivity contribution in [3.8, 4) is 0 Å². The van der Waals surface area contributed by atoms with Crippen molar-refractivity contribution in [3.05, 3.63) is 35.9 Å². The standard InChI is InChI=1S/C19H32N4O/c1-5-20-19(22-17(4)18-9-7-6-8-10-18)21-13-15(2)23-11-12-24-14-16(23)3/h6-10,15-17H,5,11-14H2,1-4H3,(H2,20,21,22). The van der Waals surface area contributed by atoms with Crippen LogP contribution in [0.3, 0.4) is 0 Å².